The van der Waals surface area contributed by atoms with Crippen LogP contribution in [0.2, 0.25) is 5.02 Å². The molecule has 1 heterocycles. The standard InChI is InChI=1S/C35H44ClN3O9S/c36-28-8-7-24(49-16-15-46-14-13-38-34(45)39-19-29(41)32(43)33(44)30(42)20-40)17-22(28)21-47-35(10-11-35)27-18-37-12-9-25(27)26-3-1-2-4-31(26)48-23-5-6-23/h1-4,7-9,12,17-18,23,29-30,32-33,40-44H,5-6,10-11,13-16,19-21H2,(H2,38,39,45). The van der Waals surface area contributed by atoms with Crippen molar-refractivity contribution in [3.05, 3.63) is 77.1 Å². The Morgan fingerprint density at radius 3 is 2.53 bits per heavy atom. The summed E-state index contributed by atoms with van der Waals surface area (Å²) >= 11 is 8.20. The molecule has 4 atom stereocenters. The summed E-state index contributed by atoms with van der Waals surface area (Å²) < 4.78 is 18.4. The lowest BCUT2D eigenvalue weighted by molar-refractivity contribution is -0.113. The van der Waals surface area contributed by atoms with Gasteiger partial charge < -0.3 is 50.4 Å². The first-order chi connectivity index (χ1) is 23.7. The topological polar surface area (TPSA) is 183 Å². The highest BCUT2D eigenvalue weighted by Crippen LogP contribution is 2.53. The Morgan fingerprint density at radius 1 is 1.00 bits per heavy atom. The minimum absolute atomic E-state index is 0.211. The summed E-state index contributed by atoms with van der Waals surface area (Å²) in [4.78, 5) is 17.4. The van der Waals surface area contributed by atoms with E-state index in [4.69, 9.17) is 30.9 Å². The normalized spacial score (nSPS) is 17.5. The Bertz CT molecular complexity index is 1530. The predicted molar refractivity (Wildman–Crippen MR) is 185 cm³/mol. The van der Waals surface area contributed by atoms with Crippen LogP contribution in [0.1, 0.15) is 36.8 Å². The maximum absolute atomic E-state index is 11.9. The van der Waals surface area contributed by atoms with Crippen molar-refractivity contribution in [1.29, 1.82) is 0 Å². The van der Waals surface area contributed by atoms with Crippen LogP contribution in [0.3, 0.4) is 0 Å². The Balaban J connectivity index is 1.04. The van der Waals surface area contributed by atoms with E-state index >= 15 is 0 Å². The summed E-state index contributed by atoms with van der Waals surface area (Å²) in [5, 5.41) is 53.1. The van der Waals surface area contributed by atoms with Gasteiger partial charge in [-0.15, -0.1) is 11.8 Å². The number of hydrogen-bond donors (Lipinski definition) is 7. The number of rotatable bonds is 20. The fraction of sp³-hybridized carbons (Fsp3) is 0.486. The molecule has 12 nitrogen and oxygen atoms in total. The second-order valence-electron chi connectivity index (χ2n) is 12.2. The molecule has 0 bridgehead atoms. The van der Waals surface area contributed by atoms with Gasteiger partial charge in [-0.1, -0.05) is 29.8 Å². The number of nitrogens with zero attached hydrogens (tertiary/aromatic N) is 1. The van der Waals surface area contributed by atoms with E-state index in [1.807, 2.05) is 54.9 Å². The van der Waals surface area contributed by atoms with E-state index in [1.165, 1.54) is 0 Å². The van der Waals surface area contributed by atoms with Crippen LogP contribution in [0.5, 0.6) is 5.75 Å². The van der Waals surface area contributed by atoms with Gasteiger partial charge in [0.2, 0.25) is 0 Å². The number of para-hydroxylation sites is 1. The molecule has 3 aromatic rings. The van der Waals surface area contributed by atoms with Crippen LogP contribution >= 0.6 is 23.4 Å². The van der Waals surface area contributed by atoms with Crippen molar-refractivity contribution in [3.63, 3.8) is 0 Å². The van der Waals surface area contributed by atoms with Crippen molar-refractivity contribution < 1.29 is 44.5 Å². The minimum Gasteiger partial charge on any atom is -0.490 e. The second-order valence-corrected chi connectivity index (χ2v) is 13.7. The van der Waals surface area contributed by atoms with Crippen LogP contribution in [0.15, 0.2) is 65.8 Å². The molecule has 0 radical (unpaired) electrons. The van der Waals surface area contributed by atoms with Crippen molar-refractivity contribution in [2.45, 2.75) is 73.3 Å². The molecule has 7 N–H and O–H groups in total. The number of aliphatic hydroxyl groups excluding tert-OH is 5. The number of urea groups is 1. The number of nitrogens with one attached hydrogen (secondary N) is 2. The summed E-state index contributed by atoms with van der Waals surface area (Å²) in [6.45, 7) is 0.113. The van der Waals surface area contributed by atoms with E-state index in [1.54, 1.807) is 11.8 Å². The SMILES string of the molecule is O=C(NCCOCCSc1ccc(Cl)c(COC2(c3cnccc3-c3ccccc3OC3CC3)CC2)c1)NCC(O)C(O)C(O)C(O)CO. The molecule has 2 aromatic carbocycles. The average molecular weight is 718 g/mol. The fourth-order valence-electron chi connectivity index (χ4n) is 5.22. The summed E-state index contributed by atoms with van der Waals surface area (Å²) in [6.07, 6.45) is 1.31. The summed E-state index contributed by atoms with van der Waals surface area (Å²) in [7, 11) is 0. The largest absolute Gasteiger partial charge is 0.490 e. The zero-order valence-corrected chi connectivity index (χ0v) is 28.6. The van der Waals surface area contributed by atoms with Crippen molar-refractivity contribution >= 4 is 29.4 Å². The van der Waals surface area contributed by atoms with Crippen molar-refractivity contribution in [1.82, 2.24) is 15.6 Å². The predicted octanol–water partition coefficient (Wildman–Crippen LogP) is 2.99. The van der Waals surface area contributed by atoms with Crippen molar-refractivity contribution in [3.8, 4) is 16.9 Å². The van der Waals surface area contributed by atoms with E-state index < -0.39 is 42.7 Å². The summed E-state index contributed by atoms with van der Waals surface area (Å²) in [6, 6.07) is 15.4. The van der Waals surface area contributed by atoms with Crippen LogP contribution in [0, 0.1) is 0 Å². The van der Waals surface area contributed by atoms with Crippen molar-refractivity contribution in [2.24, 2.45) is 0 Å². The molecule has 2 fully saturated rings. The number of carbonyl (C=O) groups is 1. The van der Waals surface area contributed by atoms with E-state index in [-0.39, 0.29) is 19.7 Å². The van der Waals surface area contributed by atoms with Gasteiger partial charge in [0.05, 0.1) is 44.2 Å². The van der Waals surface area contributed by atoms with Crippen molar-refractivity contribution in [2.75, 3.05) is 38.7 Å². The second kappa shape index (κ2) is 17.8. The number of benzene rings is 2. The van der Waals surface area contributed by atoms with Gasteiger partial charge in [0.15, 0.2) is 0 Å². The van der Waals surface area contributed by atoms with E-state index in [0.29, 0.717) is 30.1 Å². The third-order valence-corrected chi connectivity index (χ3v) is 9.68. The zero-order valence-electron chi connectivity index (χ0n) is 27.0. The molecule has 49 heavy (non-hydrogen) atoms. The number of aliphatic hydroxyl groups is 5. The lowest BCUT2D eigenvalue weighted by Gasteiger charge is -2.25. The molecule has 14 heteroatoms. The Hall–Kier alpha value is -2.98. The molecule has 0 spiro atoms. The van der Waals surface area contributed by atoms with Gasteiger partial charge in [0, 0.05) is 52.3 Å². The molecule has 5 rings (SSSR count). The number of aromatic nitrogens is 1. The van der Waals surface area contributed by atoms with E-state index in [9.17, 15) is 25.2 Å². The highest BCUT2D eigenvalue weighted by molar-refractivity contribution is 7.99. The van der Waals surface area contributed by atoms with Crippen LogP contribution < -0.4 is 15.4 Å². The third-order valence-electron chi connectivity index (χ3n) is 8.36. The quantitative estimate of drug-likeness (QED) is 0.0674. The fourth-order valence-corrected chi connectivity index (χ4v) is 6.22. The molecular weight excluding hydrogens is 674 g/mol. The monoisotopic (exact) mass is 717 g/mol. The summed E-state index contributed by atoms with van der Waals surface area (Å²) in [5.41, 5.74) is 3.63. The molecule has 0 aliphatic heterocycles. The van der Waals surface area contributed by atoms with Gasteiger partial charge in [-0.25, -0.2) is 4.79 Å². The smallest absolute Gasteiger partial charge is 0.314 e. The van der Waals surface area contributed by atoms with E-state index in [0.717, 1.165) is 58.6 Å². The molecule has 4 unspecified atom stereocenters. The molecular formula is C35H44ClN3O9S. The van der Waals surface area contributed by atoms with E-state index in [2.05, 4.69) is 21.7 Å². The van der Waals surface area contributed by atoms with Gasteiger partial charge in [0.25, 0.3) is 0 Å². The number of hydrogen-bond acceptors (Lipinski definition) is 11. The lowest BCUT2D eigenvalue weighted by Crippen LogP contribution is -2.50. The molecule has 2 aliphatic carbocycles. The third kappa shape index (κ3) is 10.5. The average Bonchev–Trinajstić information content (AvgIpc) is 4.07. The minimum atomic E-state index is -1.76. The number of halogens is 1. The highest BCUT2D eigenvalue weighted by atomic mass is 35.5. The molecule has 2 aliphatic rings. The number of amides is 2. The number of pyridine rings is 1. The van der Waals surface area contributed by atoms with Crippen LogP contribution in [-0.4, -0.2) is 106 Å². The highest BCUT2D eigenvalue weighted by Gasteiger charge is 2.48. The first-order valence-electron chi connectivity index (χ1n) is 16.4. The maximum atomic E-state index is 11.9. The number of thioether (sulfide) groups is 1. The van der Waals surface area contributed by atoms with Crippen LogP contribution in [0.4, 0.5) is 4.79 Å². The lowest BCUT2D eigenvalue weighted by atomic mass is 9.96. The molecule has 2 amide bonds. The Labute approximate surface area is 294 Å². The first kappa shape index (κ1) is 37.3. The van der Waals surface area contributed by atoms with Crippen LogP contribution in [0.25, 0.3) is 11.1 Å². The van der Waals surface area contributed by atoms with Crippen LogP contribution in [-0.2, 0) is 21.7 Å². The van der Waals surface area contributed by atoms with Gasteiger partial charge in [0.1, 0.15) is 24.1 Å². The van der Waals surface area contributed by atoms with Gasteiger partial charge in [-0.2, -0.15) is 0 Å². The zero-order chi connectivity index (χ0) is 34.8. The first-order valence-corrected chi connectivity index (χ1v) is 17.8. The number of carbonyl (C=O) groups excluding carboxylic acids is 1. The number of ether oxygens (including phenoxy) is 3. The molecule has 266 valence electrons. The van der Waals surface area contributed by atoms with Gasteiger partial charge in [-0.05, 0) is 67.1 Å². The molecule has 0 saturated heterocycles. The Morgan fingerprint density at radius 2 is 1.78 bits per heavy atom. The summed E-state index contributed by atoms with van der Waals surface area (Å²) in [5.74, 6) is 1.56. The maximum Gasteiger partial charge on any atom is 0.314 e. The molecule has 2 saturated carbocycles. The van der Waals surface area contributed by atoms with Gasteiger partial charge in [-0.3, -0.25) is 4.98 Å². The molecule has 1 aromatic heterocycles. The van der Waals surface area contributed by atoms with Gasteiger partial charge >= 0.3 is 6.03 Å². The Kier molecular flexibility index (Phi) is 13.5.